The maximum atomic E-state index is 12.6. The van der Waals surface area contributed by atoms with Gasteiger partial charge in [0.1, 0.15) is 9.88 Å². The molecule has 2 amide bonds. The zero-order valence-corrected chi connectivity index (χ0v) is 15.6. The lowest BCUT2D eigenvalue weighted by Crippen LogP contribution is -2.17. The fourth-order valence-corrected chi connectivity index (χ4v) is 4.28. The summed E-state index contributed by atoms with van der Waals surface area (Å²) >= 11 is 2.40. The average molecular weight is 389 g/mol. The van der Waals surface area contributed by atoms with Crippen LogP contribution in [0.4, 0.5) is 5.00 Å². The highest BCUT2D eigenvalue weighted by molar-refractivity contribution is 7.18. The van der Waals surface area contributed by atoms with E-state index in [1.54, 1.807) is 37.6 Å². The van der Waals surface area contributed by atoms with Crippen LogP contribution in [0.25, 0.3) is 10.2 Å². The second-order valence-electron chi connectivity index (χ2n) is 5.33. The zero-order valence-electron chi connectivity index (χ0n) is 14.0. The zero-order chi connectivity index (χ0) is 18.8. The van der Waals surface area contributed by atoms with Gasteiger partial charge in [-0.05, 0) is 37.6 Å². The van der Waals surface area contributed by atoms with E-state index in [-0.39, 0.29) is 22.0 Å². The summed E-state index contributed by atoms with van der Waals surface area (Å²) in [5.41, 5.74) is 8.87. The van der Waals surface area contributed by atoms with Gasteiger partial charge >= 0.3 is 5.97 Å². The summed E-state index contributed by atoms with van der Waals surface area (Å²) in [6.45, 7) is 3.49. The number of carbonyl (C=O) groups excluding carboxylic acids is 3. The molecule has 7 nitrogen and oxygen atoms in total. The molecule has 3 N–H and O–H groups in total. The predicted octanol–water partition coefficient (Wildman–Crippen LogP) is 3.19. The van der Waals surface area contributed by atoms with E-state index < -0.39 is 17.8 Å². The summed E-state index contributed by atoms with van der Waals surface area (Å²) in [5.74, 6) is -1.67. The van der Waals surface area contributed by atoms with Gasteiger partial charge in [-0.1, -0.05) is 0 Å². The van der Waals surface area contributed by atoms with Crippen LogP contribution in [0.15, 0.2) is 23.7 Å². The Morgan fingerprint density at radius 1 is 1.31 bits per heavy atom. The van der Waals surface area contributed by atoms with Crippen molar-refractivity contribution in [2.75, 3.05) is 11.9 Å². The van der Waals surface area contributed by atoms with Crippen LogP contribution >= 0.6 is 22.7 Å². The first-order chi connectivity index (χ1) is 12.4. The summed E-state index contributed by atoms with van der Waals surface area (Å²) in [5, 5.41) is 2.91. The van der Waals surface area contributed by atoms with Gasteiger partial charge < -0.3 is 15.8 Å². The third kappa shape index (κ3) is 3.31. The van der Waals surface area contributed by atoms with Crippen LogP contribution in [0.3, 0.4) is 0 Å². The van der Waals surface area contributed by atoms with Crippen LogP contribution in [-0.4, -0.2) is 29.4 Å². The molecule has 0 unspecified atom stereocenters. The topological polar surface area (TPSA) is 111 Å². The Hall–Kier alpha value is -2.78. The highest BCUT2D eigenvalue weighted by Crippen LogP contribution is 2.34. The number of thiophene rings is 1. The summed E-state index contributed by atoms with van der Waals surface area (Å²) in [7, 11) is 0. The van der Waals surface area contributed by atoms with Gasteiger partial charge in [0.05, 0.1) is 27.9 Å². The molecule has 3 rings (SSSR count). The number of nitrogens with zero attached hydrogens (tertiary/aromatic N) is 1. The van der Waals surface area contributed by atoms with Crippen molar-refractivity contribution in [2.45, 2.75) is 13.8 Å². The predicted molar refractivity (Wildman–Crippen MR) is 101 cm³/mol. The molecule has 2 aromatic heterocycles. The first kappa shape index (κ1) is 18.0. The smallest absolute Gasteiger partial charge is 0.348 e. The maximum absolute atomic E-state index is 12.6. The largest absolute Gasteiger partial charge is 0.462 e. The van der Waals surface area contributed by atoms with Crippen molar-refractivity contribution in [1.29, 1.82) is 0 Å². The highest BCUT2D eigenvalue weighted by atomic mass is 32.1. The van der Waals surface area contributed by atoms with Gasteiger partial charge in [-0.3, -0.25) is 9.59 Å². The number of fused-ring (bicyclic) bond motifs is 1. The first-order valence-corrected chi connectivity index (χ1v) is 9.37. The van der Waals surface area contributed by atoms with Crippen LogP contribution in [0.5, 0.6) is 0 Å². The number of anilines is 1. The number of hydrogen-bond acceptors (Lipinski definition) is 7. The average Bonchev–Trinajstić information content (AvgIpc) is 3.18. The van der Waals surface area contributed by atoms with Gasteiger partial charge in [0, 0.05) is 5.56 Å². The monoisotopic (exact) mass is 389 g/mol. The van der Waals surface area contributed by atoms with Crippen molar-refractivity contribution < 1.29 is 19.1 Å². The number of carbonyl (C=O) groups is 3. The molecule has 134 valence electrons. The molecule has 26 heavy (non-hydrogen) atoms. The Labute approximate surface area is 156 Å². The molecule has 0 atom stereocenters. The van der Waals surface area contributed by atoms with Gasteiger partial charge in [0.15, 0.2) is 0 Å². The number of esters is 1. The van der Waals surface area contributed by atoms with Crippen molar-refractivity contribution in [3.63, 3.8) is 0 Å². The molecule has 9 heteroatoms. The summed E-state index contributed by atoms with van der Waals surface area (Å²) < 4.78 is 5.86. The van der Waals surface area contributed by atoms with Crippen LogP contribution in [0.1, 0.15) is 42.9 Å². The lowest BCUT2D eigenvalue weighted by Gasteiger charge is -2.05. The second kappa shape index (κ2) is 7.22. The molecule has 0 saturated carbocycles. The molecule has 2 heterocycles. The van der Waals surface area contributed by atoms with Crippen molar-refractivity contribution >= 4 is 55.7 Å². The summed E-state index contributed by atoms with van der Waals surface area (Å²) in [6, 6.07) is 5.12. The van der Waals surface area contributed by atoms with Gasteiger partial charge in [-0.2, -0.15) is 0 Å². The van der Waals surface area contributed by atoms with Crippen molar-refractivity contribution in [3.8, 4) is 0 Å². The molecular formula is C17H15N3O4S2. The SMILES string of the molecule is CCOC(=O)c1sc(NC(=O)c2ccc3ncsc3c2)c(C(N)=O)c1C. The van der Waals surface area contributed by atoms with Crippen molar-refractivity contribution in [3.05, 3.63) is 45.3 Å². The minimum atomic E-state index is -0.720. The molecule has 0 aliphatic carbocycles. The fraction of sp³-hybridized carbons (Fsp3) is 0.176. The van der Waals surface area contributed by atoms with E-state index in [0.29, 0.717) is 11.1 Å². The van der Waals surface area contributed by atoms with E-state index >= 15 is 0 Å². The second-order valence-corrected chi connectivity index (χ2v) is 7.24. The number of amides is 2. The Kier molecular flexibility index (Phi) is 5.01. The van der Waals surface area contributed by atoms with Crippen LogP contribution in [-0.2, 0) is 4.74 Å². The lowest BCUT2D eigenvalue weighted by molar-refractivity contribution is 0.0531. The Bertz CT molecular complexity index is 1020. The number of benzene rings is 1. The van der Waals surface area contributed by atoms with E-state index in [2.05, 4.69) is 10.3 Å². The molecule has 0 spiro atoms. The molecule has 0 saturated heterocycles. The molecule has 0 aliphatic rings. The normalized spacial score (nSPS) is 10.7. The number of primary amides is 1. The van der Waals surface area contributed by atoms with E-state index in [0.717, 1.165) is 21.6 Å². The van der Waals surface area contributed by atoms with Crippen molar-refractivity contribution in [1.82, 2.24) is 4.98 Å². The summed E-state index contributed by atoms with van der Waals surface area (Å²) in [6.07, 6.45) is 0. The van der Waals surface area contributed by atoms with Crippen LogP contribution in [0, 0.1) is 6.92 Å². The van der Waals surface area contributed by atoms with Gasteiger partial charge in [-0.15, -0.1) is 22.7 Å². The quantitative estimate of drug-likeness (QED) is 0.651. The third-order valence-corrected chi connectivity index (χ3v) is 5.65. The standard InChI is InChI=1S/C17H15N3O4S2/c1-3-24-17(23)13-8(2)12(14(18)21)16(26-13)20-15(22)9-4-5-10-11(6-9)25-7-19-10/h4-7H,3H2,1-2H3,(H2,18,21)(H,20,22). The number of aromatic nitrogens is 1. The van der Waals surface area contributed by atoms with E-state index in [1.165, 1.54) is 11.3 Å². The Balaban J connectivity index is 1.95. The minimum Gasteiger partial charge on any atom is -0.462 e. The molecule has 0 bridgehead atoms. The summed E-state index contributed by atoms with van der Waals surface area (Å²) in [4.78, 5) is 40.9. The number of rotatable bonds is 5. The molecule has 1 aromatic carbocycles. The van der Waals surface area contributed by atoms with Crippen molar-refractivity contribution in [2.24, 2.45) is 5.73 Å². The lowest BCUT2D eigenvalue weighted by atomic mass is 10.1. The number of nitrogens with two attached hydrogens (primary N) is 1. The molecule has 0 radical (unpaired) electrons. The molecule has 3 aromatic rings. The van der Waals surface area contributed by atoms with Crippen LogP contribution < -0.4 is 11.1 Å². The van der Waals surface area contributed by atoms with Gasteiger partial charge in [-0.25, -0.2) is 9.78 Å². The van der Waals surface area contributed by atoms with Gasteiger partial charge in [0.25, 0.3) is 11.8 Å². The fourth-order valence-electron chi connectivity index (χ4n) is 2.46. The first-order valence-electron chi connectivity index (χ1n) is 7.67. The van der Waals surface area contributed by atoms with Gasteiger partial charge in [0.2, 0.25) is 0 Å². The highest BCUT2D eigenvalue weighted by Gasteiger charge is 2.25. The third-order valence-electron chi connectivity index (χ3n) is 3.67. The molecule has 0 fully saturated rings. The minimum absolute atomic E-state index is 0.116. The number of hydrogen-bond donors (Lipinski definition) is 2. The maximum Gasteiger partial charge on any atom is 0.348 e. The Morgan fingerprint density at radius 3 is 2.77 bits per heavy atom. The number of thiazole rings is 1. The molecular weight excluding hydrogens is 374 g/mol. The van der Waals surface area contributed by atoms with E-state index in [1.807, 2.05) is 0 Å². The molecule has 0 aliphatic heterocycles. The number of ether oxygens (including phenoxy) is 1. The van der Waals surface area contributed by atoms with E-state index in [9.17, 15) is 14.4 Å². The van der Waals surface area contributed by atoms with Crippen LogP contribution in [0.2, 0.25) is 0 Å². The number of nitrogens with one attached hydrogen (secondary N) is 1. The van der Waals surface area contributed by atoms with E-state index in [4.69, 9.17) is 10.5 Å². The Morgan fingerprint density at radius 2 is 2.08 bits per heavy atom.